The lowest BCUT2D eigenvalue weighted by molar-refractivity contribution is -0.170. The molecule has 23 heavy (non-hydrogen) atoms. The summed E-state index contributed by atoms with van der Waals surface area (Å²) in [5.74, 6) is -0.507. The van der Waals surface area contributed by atoms with Crippen molar-refractivity contribution in [2.75, 3.05) is 19.5 Å². The van der Waals surface area contributed by atoms with Gasteiger partial charge in [-0.25, -0.2) is 9.79 Å². The van der Waals surface area contributed by atoms with Gasteiger partial charge in [0.25, 0.3) is 0 Å². The van der Waals surface area contributed by atoms with Gasteiger partial charge in [0.15, 0.2) is 5.70 Å². The summed E-state index contributed by atoms with van der Waals surface area (Å²) in [6.07, 6.45) is -0.823. The number of carbonyl (C=O) groups is 2. The van der Waals surface area contributed by atoms with Gasteiger partial charge in [0, 0.05) is 30.9 Å². The Morgan fingerprint density at radius 2 is 2.04 bits per heavy atom. The van der Waals surface area contributed by atoms with Gasteiger partial charge in [0.2, 0.25) is 6.29 Å². The Bertz CT molecular complexity index is 627. The van der Waals surface area contributed by atoms with Gasteiger partial charge < -0.3 is 14.2 Å². The number of hydrogen-bond donors (Lipinski definition) is 0. The number of methoxy groups -OCH3 is 1. The van der Waals surface area contributed by atoms with Gasteiger partial charge in [0.05, 0.1) is 5.55 Å². The molecule has 0 spiro atoms. The lowest BCUT2D eigenvalue weighted by Crippen LogP contribution is -2.19. The summed E-state index contributed by atoms with van der Waals surface area (Å²) >= 11 is 1.42. The maximum Gasteiger partial charge on any atom is 0.359 e. The normalized spacial score (nSPS) is 15.2. The van der Waals surface area contributed by atoms with Crippen molar-refractivity contribution in [2.24, 2.45) is 4.99 Å². The van der Waals surface area contributed by atoms with Crippen LogP contribution >= 0.6 is 11.8 Å². The number of hydrogen-bond acceptors (Lipinski definition) is 7. The van der Waals surface area contributed by atoms with Crippen molar-refractivity contribution in [1.29, 1.82) is 0 Å². The van der Waals surface area contributed by atoms with Gasteiger partial charge in [-0.3, -0.25) is 4.79 Å². The zero-order valence-corrected chi connectivity index (χ0v) is 13.7. The molecule has 122 valence electrons. The molecule has 0 amide bonds. The molecule has 2 rings (SSSR count). The van der Waals surface area contributed by atoms with Crippen LogP contribution in [0.5, 0.6) is 0 Å². The fourth-order valence-corrected chi connectivity index (χ4v) is 2.57. The molecule has 6 nitrogen and oxygen atoms in total. The Morgan fingerprint density at radius 3 is 2.70 bits per heavy atom. The predicted molar refractivity (Wildman–Crippen MR) is 86.9 cm³/mol. The highest BCUT2D eigenvalue weighted by Crippen LogP contribution is 2.24. The first-order chi connectivity index (χ1) is 11.1. The third-order valence-corrected chi connectivity index (χ3v) is 3.76. The van der Waals surface area contributed by atoms with Gasteiger partial charge in [-0.2, -0.15) is 0 Å². The zero-order chi connectivity index (χ0) is 16.7. The minimum atomic E-state index is -0.823. The molecule has 0 saturated heterocycles. The van der Waals surface area contributed by atoms with Crippen LogP contribution in [0.4, 0.5) is 0 Å². The van der Waals surface area contributed by atoms with Gasteiger partial charge in [-0.15, -0.1) is 11.8 Å². The molecule has 0 radical (unpaired) electrons. The van der Waals surface area contributed by atoms with Gasteiger partial charge in [-0.1, -0.05) is 30.3 Å². The lowest BCUT2D eigenvalue weighted by atomic mass is 10.2. The smallest absolute Gasteiger partial charge is 0.359 e. The largest absolute Gasteiger partial charge is 0.461 e. The molecule has 1 atom stereocenters. The molecule has 0 N–H and O–H groups in total. The maximum atomic E-state index is 12.4. The molecular formula is C16H17NO5S. The number of esters is 2. The van der Waals surface area contributed by atoms with Crippen LogP contribution in [0.3, 0.4) is 0 Å². The highest BCUT2D eigenvalue weighted by molar-refractivity contribution is 8.12. The number of rotatable bonds is 6. The summed E-state index contributed by atoms with van der Waals surface area (Å²) in [7, 11) is 1.46. The molecular weight excluding hydrogens is 318 g/mol. The van der Waals surface area contributed by atoms with Gasteiger partial charge in [0.1, 0.15) is 6.61 Å². The van der Waals surface area contributed by atoms with Crippen molar-refractivity contribution in [3.63, 3.8) is 0 Å². The van der Waals surface area contributed by atoms with Crippen molar-refractivity contribution in [2.45, 2.75) is 13.2 Å². The van der Waals surface area contributed by atoms with Crippen LogP contribution in [-0.4, -0.2) is 37.0 Å². The van der Waals surface area contributed by atoms with Crippen molar-refractivity contribution in [3.05, 3.63) is 47.2 Å². The Labute approximate surface area is 138 Å². The minimum absolute atomic E-state index is 0.0209. The third-order valence-electron chi connectivity index (χ3n) is 2.99. The summed E-state index contributed by atoms with van der Waals surface area (Å²) in [6.45, 7) is 1.33. The molecule has 1 aliphatic rings. The minimum Gasteiger partial charge on any atom is -0.461 e. The quantitative estimate of drug-likeness (QED) is 0.587. The molecule has 1 heterocycles. The van der Waals surface area contributed by atoms with E-state index >= 15 is 0 Å². The number of carbonyl (C=O) groups excluding carboxylic acids is 2. The number of thioether (sulfide) groups is 1. The molecule has 0 saturated carbocycles. The molecule has 1 aromatic carbocycles. The second kappa shape index (κ2) is 8.50. The van der Waals surface area contributed by atoms with E-state index in [0.717, 1.165) is 5.56 Å². The predicted octanol–water partition coefficient (Wildman–Crippen LogP) is 2.47. The van der Waals surface area contributed by atoms with Crippen molar-refractivity contribution in [1.82, 2.24) is 0 Å². The zero-order valence-electron chi connectivity index (χ0n) is 12.9. The number of nitrogens with zero attached hydrogens (tertiary/aromatic N) is 1. The fourth-order valence-electron chi connectivity index (χ4n) is 1.90. The molecule has 0 aromatic heterocycles. The summed E-state index contributed by atoms with van der Waals surface area (Å²) in [5, 5.41) is 0. The standard InChI is InChI=1S/C16H17NO5S/c1-11(18)21-8-13-9-23-10-17-14(13)15(19)22-16(20-2)12-6-4-3-5-7-12/h3-7,10,16H,8-9H2,1-2H3. The Kier molecular flexibility index (Phi) is 6.37. The molecule has 0 fully saturated rings. The number of benzene rings is 1. The van der Waals surface area contributed by atoms with Crippen molar-refractivity contribution in [3.8, 4) is 0 Å². The van der Waals surface area contributed by atoms with E-state index in [4.69, 9.17) is 14.2 Å². The van der Waals surface area contributed by atoms with Crippen LogP contribution in [0.2, 0.25) is 0 Å². The maximum absolute atomic E-state index is 12.4. The first-order valence-electron chi connectivity index (χ1n) is 6.90. The van der Waals surface area contributed by atoms with Crippen LogP contribution in [-0.2, 0) is 23.8 Å². The third kappa shape index (κ3) is 4.94. The molecule has 7 heteroatoms. The molecule has 0 aliphatic carbocycles. The average molecular weight is 335 g/mol. The topological polar surface area (TPSA) is 74.2 Å². The number of aliphatic imine (C=N–C) groups is 1. The second-order valence-corrected chi connectivity index (χ2v) is 5.49. The van der Waals surface area contributed by atoms with E-state index in [1.54, 1.807) is 17.7 Å². The highest BCUT2D eigenvalue weighted by Gasteiger charge is 2.23. The van der Waals surface area contributed by atoms with Crippen LogP contribution in [0.15, 0.2) is 46.6 Å². The van der Waals surface area contributed by atoms with E-state index in [9.17, 15) is 9.59 Å². The van der Waals surface area contributed by atoms with E-state index < -0.39 is 18.2 Å². The highest BCUT2D eigenvalue weighted by atomic mass is 32.2. The molecule has 1 aromatic rings. The molecule has 0 bridgehead atoms. The van der Waals surface area contributed by atoms with E-state index in [1.807, 2.05) is 18.2 Å². The fraction of sp³-hybridized carbons (Fsp3) is 0.312. The number of ether oxygens (including phenoxy) is 3. The van der Waals surface area contributed by atoms with Crippen LogP contribution in [0.25, 0.3) is 0 Å². The van der Waals surface area contributed by atoms with E-state index in [0.29, 0.717) is 11.3 Å². The Morgan fingerprint density at radius 1 is 1.30 bits per heavy atom. The van der Waals surface area contributed by atoms with Gasteiger partial charge >= 0.3 is 11.9 Å². The van der Waals surface area contributed by atoms with Crippen LogP contribution in [0.1, 0.15) is 18.8 Å². The Balaban J connectivity index is 2.13. The first kappa shape index (κ1) is 17.2. The monoisotopic (exact) mass is 335 g/mol. The summed E-state index contributed by atoms with van der Waals surface area (Å²) in [5.41, 5.74) is 3.06. The van der Waals surface area contributed by atoms with Crippen LogP contribution < -0.4 is 0 Å². The van der Waals surface area contributed by atoms with Crippen molar-refractivity contribution < 1.29 is 23.8 Å². The van der Waals surface area contributed by atoms with Crippen LogP contribution in [0, 0.1) is 0 Å². The van der Waals surface area contributed by atoms with E-state index in [1.165, 1.54) is 25.8 Å². The summed E-state index contributed by atoms with van der Waals surface area (Å²) in [6, 6.07) is 9.12. The van der Waals surface area contributed by atoms with E-state index in [-0.39, 0.29) is 12.3 Å². The molecule has 1 aliphatic heterocycles. The Hall–Kier alpha value is -2.12. The summed E-state index contributed by atoms with van der Waals surface area (Å²) < 4.78 is 15.6. The van der Waals surface area contributed by atoms with E-state index in [2.05, 4.69) is 4.99 Å². The van der Waals surface area contributed by atoms with Crippen molar-refractivity contribution >= 4 is 29.2 Å². The molecule has 1 unspecified atom stereocenters. The summed E-state index contributed by atoms with van der Waals surface area (Å²) in [4.78, 5) is 27.4. The average Bonchev–Trinajstić information content (AvgIpc) is 2.58. The lowest BCUT2D eigenvalue weighted by Gasteiger charge is -2.19. The second-order valence-electron chi connectivity index (χ2n) is 4.66. The van der Waals surface area contributed by atoms with Gasteiger partial charge in [-0.05, 0) is 0 Å². The first-order valence-corrected chi connectivity index (χ1v) is 7.95. The SMILES string of the molecule is COC(OC(=O)C1=C(COC(C)=O)CSC=N1)c1ccccc1.